The van der Waals surface area contributed by atoms with Gasteiger partial charge in [-0.3, -0.25) is 10.3 Å². The summed E-state index contributed by atoms with van der Waals surface area (Å²) in [5, 5.41) is 0. The Balaban J connectivity index is 1.42. The normalized spacial score (nSPS) is 18.1. The first-order valence-corrected chi connectivity index (χ1v) is 11.6. The molecule has 5 nitrogen and oxygen atoms in total. The van der Waals surface area contributed by atoms with Crippen molar-refractivity contribution in [2.24, 2.45) is 0 Å². The Kier molecular flexibility index (Phi) is 6.03. The number of nitrogens with one attached hydrogen (secondary N) is 1. The second-order valence-electron chi connectivity index (χ2n) is 8.31. The minimum absolute atomic E-state index is 0.415. The molecular weight excluding hydrogens is 478 g/mol. The van der Waals surface area contributed by atoms with Gasteiger partial charge in [-0.1, -0.05) is 70.5 Å². The summed E-state index contributed by atoms with van der Waals surface area (Å²) >= 11 is 3.50. The number of hydroxylamine groups is 1. The highest BCUT2D eigenvalue weighted by atomic mass is 79.9. The smallest absolute Gasteiger partial charge is 0.132 e. The summed E-state index contributed by atoms with van der Waals surface area (Å²) in [4.78, 5) is 10.4. The average Bonchev–Trinajstić information content (AvgIpc) is 3.39. The zero-order chi connectivity index (χ0) is 22.7. The Bertz CT molecular complexity index is 1240. The van der Waals surface area contributed by atoms with Gasteiger partial charge in [0.15, 0.2) is 0 Å². The van der Waals surface area contributed by atoms with Crippen LogP contribution < -0.4 is 10.2 Å². The van der Waals surface area contributed by atoms with Gasteiger partial charge in [-0.05, 0) is 42.3 Å². The van der Waals surface area contributed by atoms with Crippen LogP contribution in [-0.4, -0.2) is 21.8 Å². The molecule has 3 aromatic carbocycles. The van der Waals surface area contributed by atoms with E-state index in [0.29, 0.717) is 13.0 Å². The lowest BCUT2D eigenvalue weighted by atomic mass is 9.95. The monoisotopic (exact) mass is 501 g/mol. The molecule has 33 heavy (non-hydrogen) atoms. The van der Waals surface area contributed by atoms with Gasteiger partial charge in [0, 0.05) is 28.9 Å². The molecule has 5 rings (SSSR count). The topological polar surface area (TPSA) is 48.3 Å². The van der Waals surface area contributed by atoms with Gasteiger partial charge < -0.3 is 9.30 Å². The standard InChI is InChI=1S/C27H24BrN3O2/c1-27(18-32-24-5-3-2-4-6-24)17-25(31-16-15-29-19-31)26(30-33-27)22-9-7-20(8-10-22)21-11-13-23(28)14-12-21/h2-16,19,30H,17-18H2,1H3. The number of nitrogens with zero attached hydrogens (tertiary/aromatic N) is 2. The molecule has 1 N–H and O–H groups in total. The molecular formula is C27H24BrN3O2. The molecule has 2 heterocycles. The van der Waals surface area contributed by atoms with Gasteiger partial charge in [0.05, 0.1) is 17.7 Å². The van der Waals surface area contributed by atoms with Gasteiger partial charge in [-0.2, -0.15) is 0 Å². The first-order chi connectivity index (χ1) is 16.1. The number of aromatic nitrogens is 2. The minimum Gasteiger partial charge on any atom is -0.490 e. The molecule has 166 valence electrons. The fourth-order valence-corrected chi connectivity index (χ4v) is 4.15. The van der Waals surface area contributed by atoms with E-state index in [1.54, 1.807) is 6.20 Å². The molecule has 0 fully saturated rings. The van der Waals surface area contributed by atoms with Crippen molar-refractivity contribution in [1.82, 2.24) is 15.0 Å². The zero-order valence-corrected chi connectivity index (χ0v) is 19.8. The molecule has 4 aromatic rings. The summed E-state index contributed by atoms with van der Waals surface area (Å²) in [6.07, 6.45) is 6.22. The number of halogens is 1. The van der Waals surface area contributed by atoms with Crippen LogP contribution in [0.3, 0.4) is 0 Å². The Morgan fingerprint density at radius 3 is 2.30 bits per heavy atom. The van der Waals surface area contributed by atoms with E-state index in [4.69, 9.17) is 9.57 Å². The summed E-state index contributed by atoms with van der Waals surface area (Å²) < 4.78 is 9.12. The molecule has 0 spiro atoms. The highest BCUT2D eigenvalue weighted by molar-refractivity contribution is 9.10. The fraction of sp³-hybridized carbons (Fsp3) is 0.148. The minimum atomic E-state index is -0.545. The SMILES string of the molecule is CC1(COc2ccccc2)CC(n2ccnc2)=C(c2ccc(-c3ccc(Br)cc3)cc2)NO1. The van der Waals surface area contributed by atoms with Crippen molar-refractivity contribution < 1.29 is 9.57 Å². The molecule has 0 amide bonds. The number of para-hydroxylation sites is 1. The van der Waals surface area contributed by atoms with Crippen molar-refractivity contribution in [3.8, 4) is 16.9 Å². The van der Waals surface area contributed by atoms with Gasteiger partial charge in [-0.25, -0.2) is 4.98 Å². The molecule has 0 saturated carbocycles. The largest absolute Gasteiger partial charge is 0.490 e. The van der Waals surface area contributed by atoms with E-state index in [1.807, 2.05) is 54.3 Å². The van der Waals surface area contributed by atoms with Gasteiger partial charge >= 0.3 is 0 Å². The van der Waals surface area contributed by atoms with E-state index in [1.165, 1.54) is 5.56 Å². The van der Waals surface area contributed by atoms with Crippen LogP contribution in [0.5, 0.6) is 5.75 Å². The lowest BCUT2D eigenvalue weighted by Crippen LogP contribution is -2.44. The molecule has 0 radical (unpaired) electrons. The highest BCUT2D eigenvalue weighted by Gasteiger charge is 2.35. The quantitative estimate of drug-likeness (QED) is 0.332. The van der Waals surface area contributed by atoms with E-state index in [9.17, 15) is 0 Å². The van der Waals surface area contributed by atoms with Crippen molar-refractivity contribution in [1.29, 1.82) is 0 Å². The number of hydrogen-bond acceptors (Lipinski definition) is 4. The van der Waals surface area contributed by atoms with Crippen molar-refractivity contribution in [2.75, 3.05) is 6.61 Å². The van der Waals surface area contributed by atoms with Gasteiger partial charge in [0.25, 0.3) is 0 Å². The molecule has 1 aliphatic heterocycles. The molecule has 1 aliphatic rings. The number of rotatable bonds is 6. The summed E-state index contributed by atoms with van der Waals surface area (Å²) in [7, 11) is 0. The van der Waals surface area contributed by atoms with Gasteiger partial charge in [0.1, 0.15) is 18.0 Å². The Hall–Kier alpha value is -3.35. The zero-order valence-electron chi connectivity index (χ0n) is 18.2. The average molecular weight is 502 g/mol. The van der Waals surface area contributed by atoms with E-state index in [-0.39, 0.29) is 0 Å². The number of ether oxygens (including phenoxy) is 1. The molecule has 1 aromatic heterocycles. The highest BCUT2D eigenvalue weighted by Crippen LogP contribution is 2.35. The van der Waals surface area contributed by atoms with E-state index < -0.39 is 5.60 Å². The summed E-state index contributed by atoms with van der Waals surface area (Å²) in [6, 6.07) is 26.6. The maximum Gasteiger partial charge on any atom is 0.132 e. The van der Waals surface area contributed by atoms with E-state index >= 15 is 0 Å². The Labute approximate surface area is 201 Å². The van der Waals surface area contributed by atoms with E-state index in [2.05, 4.69) is 74.9 Å². The van der Waals surface area contributed by atoms with Gasteiger partial charge in [0.2, 0.25) is 0 Å². The summed E-state index contributed by atoms with van der Waals surface area (Å²) in [5.41, 5.74) is 8.05. The second-order valence-corrected chi connectivity index (χ2v) is 9.22. The van der Waals surface area contributed by atoms with Crippen molar-refractivity contribution in [2.45, 2.75) is 18.9 Å². The maximum atomic E-state index is 6.14. The summed E-state index contributed by atoms with van der Waals surface area (Å²) in [6.45, 7) is 2.46. The van der Waals surface area contributed by atoms with Crippen LogP contribution in [0, 0.1) is 0 Å². The predicted octanol–water partition coefficient (Wildman–Crippen LogP) is 6.40. The fourth-order valence-electron chi connectivity index (χ4n) is 3.88. The third-order valence-corrected chi connectivity index (χ3v) is 6.21. The van der Waals surface area contributed by atoms with Crippen molar-refractivity contribution in [3.05, 3.63) is 108 Å². The Morgan fingerprint density at radius 2 is 1.64 bits per heavy atom. The third kappa shape index (κ3) is 4.87. The maximum absolute atomic E-state index is 6.14. The molecule has 1 atom stereocenters. The van der Waals surface area contributed by atoms with E-state index in [0.717, 1.165) is 32.7 Å². The van der Waals surface area contributed by atoms with Crippen LogP contribution in [0.25, 0.3) is 22.5 Å². The van der Waals surface area contributed by atoms with Crippen LogP contribution >= 0.6 is 15.9 Å². The Morgan fingerprint density at radius 1 is 0.970 bits per heavy atom. The predicted molar refractivity (Wildman–Crippen MR) is 134 cm³/mol. The van der Waals surface area contributed by atoms with Gasteiger partial charge in [-0.15, -0.1) is 0 Å². The third-order valence-electron chi connectivity index (χ3n) is 5.68. The number of benzene rings is 3. The lowest BCUT2D eigenvalue weighted by Gasteiger charge is -2.36. The van der Waals surface area contributed by atoms with Crippen molar-refractivity contribution >= 4 is 27.3 Å². The molecule has 0 aliphatic carbocycles. The van der Waals surface area contributed by atoms with Crippen LogP contribution in [-0.2, 0) is 4.84 Å². The number of hydrogen-bond donors (Lipinski definition) is 1. The first kappa shape index (κ1) is 21.5. The first-order valence-electron chi connectivity index (χ1n) is 10.8. The van der Waals surface area contributed by atoms with Crippen LogP contribution in [0.15, 0.2) is 102 Å². The lowest BCUT2D eigenvalue weighted by molar-refractivity contribution is -0.0987. The molecule has 0 saturated heterocycles. The molecule has 1 unspecified atom stereocenters. The molecule has 0 bridgehead atoms. The van der Waals surface area contributed by atoms with Crippen LogP contribution in [0.4, 0.5) is 0 Å². The second kappa shape index (κ2) is 9.25. The summed E-state index contributed by atoms with van der Waals surface area (Å²) in [5.74, 6) is 0.824. The van der Waals surface area contributed by atoms with Crippen LogP contribution in [0.2, 0.25) is 0 Å². The van der Waals surface area contributed by atoms with Crippen molar-refractivity contribution in [3.63, 3.8) is 0 Å². The van der Waals surface area contributed by atoms with Crippen LogP contribution in [0.1, 0.15) is 18.9 Å². The molecule has 6 heteroatoms. The number of imidazole rings is 1.